The van der Waals surface area contributed by atoms with Gasteiger partial charge in [-0.15, -0.1) is 0 Å². The summed E-state index contributed by atoms with van der Waals surface area (Å²) in [5, 5.41) is 2.61. The van der Waals surface area contributed by atoms with Gasteiger partial charge in [-0.2, -0.15) is 0 Å². The van der Waals surface area contributed by atoms with Gasteiger partial charge in [0.25, 0.3) is 0 Å². The Morgan fingerprint density at radius 3 is 2.83 bits per heavy atom. The molecule has 5 heteroatoms. The monoisotopic (exact) mass is 248 g/mol. The molecule has 0 saturated carbocycles. The number of benzene rings is 1. The molecular formula is C13H16N2O3. The molecule has 1 aliphatic rings. The molecule has 0 aromatic heterocycles. The maximum atomic E-state index is 11.8. The fourth-order valence-electron chi connectivity index (χ4n) is 1.76. The maximum Gasteiger partial charge on any atom is 0.329 e. The van der Waals surface area contributed by atoms with E-state index in [9.17, 15) is 9.59 Å². The van der Waals surface area contributed by atoms with E-state index in [1.54, 1.807) is 11.9 Å². The standard InChI is InChI=1S/C13H16N2O3/c1-15-8-7-11(14-13(15)17)12(16)18-9-10-5-3-2-4-6-10/h2-6,11H,7-9H2,1H3,(H,14,17)/t11-/m0/s1. The summed E-state index contributed by atoms with van der Waals surface area (Å²) in [7, 11) is 1.70. The smallest absolute Gasteiger partial charge is 0.329 e. The summed E-state index contributed by atoms with van der Waals surface area (Å²) in [6.07, 6.45) is 0.579. The molecule has 0 unspecified atom stereocenters. The number of hydrogen-bond donors (Lipinski definition) is 1. The molecule has 5 nitrogen and oxygen atoms in total. The Kier molecular flexibility index (Phi) is 3.82. The van der Waals surface area contributed by atoms with Crippen LogP contribution in [-0.4, -0.2) is 36.5 Å². The predicted octanol–water partition coefficient (Wildman–Crippen LogP) is 1.14. The van der Waals surface area contributed by atoms with Crippen LogP contribution in [0.25, 0.3) is 0 Å². The molecule has 1 saturated heterocycles. The lowest BCUT2D eigenvalue weighted by atomic mass is 10.1. The lowest BCUT2D eigenvalue weighted by Crippen LogP contribution is -2.53. The molecule has 1 heterocycles. The minimum absolute atomic E-state index is 0.233. The van der Waals surface area contributed by atoms with Crippen LogP contribution in [-0.2, 0) is 16.1 Å². The summed E-state index contributed by atoms with van der Waals surface area (Å²) < 4.78 is 5.18. The highest BCUT2D eigenvalue weighted by atomic mass is 16.5. The van der Waals surface area contributed by atoms with Crippen molar-refractivity contribution in [1.29, 1.82) is 0 Å². The molecule has 1 atom stereocenters. The second-order valence-electron chi connectivity index (χ2n) is 4.31. The van der Waals surface area contributed by atoms with E-state index in [0.717, 1.165) is 5.56 Å². The Bertz CT molecular complexity index is 433. The van der Waals surface area contributed by atoms with Crippen molar-refractivity contribution in [3.05, 3.63) is 35.9 Å². The Morgan fingerprint density at radius 1 is 1.44 bits per heavy atom. The molecule has 1 aliphatic heterocycles. The normalized spacial score (nSPS) is 19.3. The van der Waals surface area contributed by atoms with Crippen LogP contribution >= 0.6 is 0 Å². The highest BCUT2D eigenvalue weighted by Crippen LogP contribution is 2.07. The first-order chi connectivity index (χ1) is 8.66. The van der Waals surface area contributed by atoms with Gasteiger partial charge < -0.3 is 15.0 Å². The van der Waals surface area contributed by atoms with Crippen LogP contribution in [0.1, 0.15) is 12.0 Å². The molecule has 18 heavy (non-hydrogen) atoms. The quantitative estimate of drug-likeness (QED) is 0.816. The van der Waals surface area contributed by atoms with Crippen molar-refractivity contribution < 1.29 is 14.3 Å². The summed E-state index contributed by atoms with van der Waals surface area (Å²) in [6, 6.07) is 8.70. The largest absolute Gasteiger partial charge is 0.459 e. The van der Waals surface area contributed by atoms with Crippen LogP contribution in [0.2, 0.25) is 0 Å². The molecule has 0 radical (unpaired) electrons. The number of nitrogens with one attached hydrogen (secondary N) is 1. The van der Waals surface area contributed by atoms with Gasteiger partial charge in [0.15, 0.2) is 0 Å². The fraction of sp³-hybridized carbons (Fsp3) is 0.385. The first-order valence-corrected chi connectivity index (χ1v) is 5.89. The number of hydrogen-bond acceptors (Lipinski definition) is 3. The Hall–Kier alpha value is -2.04. The molecule has 2 amide bonds. The van der Waals surface area contributed by atoms with E-state index < -0.39 is 6.04 Å². The molecular weight excluding hydrogens is 232 g/mol. The molecule has 0 aliphatic carbocycles. The SMILES string of the molecule is CN1CC[C@@H](C(=O)OCc2ccccc2)NC1=O. The summed E-state index contributed by atoms with van der Waals surface area (Å²) in [5.74, 6) is -0.375. The van der Waals surface area contributed by atoms with Gasteiger partial charge in [-0.1, -0.05) is 30.3 Å². The van der Waals surface area contributed by atoms with Gasteiger partial charge in [0.1, 0.15) is 12.6 Å². The Balaban J connectivity index is 1.83. The third kappa shape index (κ3) is 3.00. The van der Waals surface area contributed by atoms with Crippen LogP contribution < -0.4 is 5.32 Å². The van der Waals surface area contributed by atoms with Crippen molar-refractivity contribution >= 4 is 12.0 Å². The minimum Gasteiger partial charge on any atom is -0.459 e. The van der Waals surface area contributed by atoms with Crippen molar-refractivity contribution in [2.75, 3.05) is 13.6 Å². The summed E-state index contributed by atoms with van der Waals surface area (Å²) in [4.78, 5) is 24.7. The van der Waals surface area contributed by atoms with Gasteiger partial charge in [-0.3, -0.25) is 0 Å². The van der Waals surface area contributed by atoms with Gasteiger partial charge in [0, 0.05) is 13.6 Å². The van der Waals surface area contributed by atoms with Crippen LogP contribution in [0, 0.1) is 0 Å². The third-order valence-corrected chi connectivity index (χ3v) is 2.91. The van der Waals surface area contributed by atoms with Gasteiger partial charge in [-0.05, 0) is 12.0 Å². The maximum absolute atomic E-state index is 11.8. The van der Waals surface area contributed by atoms with Crippen LogP contribution in [0.5, 0.6) is 0 Å². The zero-order valence-corrected chi connectivity index (χ0v) is 10.3. The van der Waals surface area contributed by atoms with Gasteiger partial charge in [0.2, 0.25) is 0 Å². The molecule has 0 bridgehead atoms. The van der Waals surface area contributed by atoms with Crippen molar-refractivity contribution in [2.24, 2.45) is 0 Å². The second-order valence-corrected chi connectivity index (χ2v) is 4.31. The zero-order valence-electron chi connectivity index (χ0n) is 10.3. The molecule has 1 fully saturated rings. The first kappa shape index (κ1) is 12.4. The first-order valence-electron chi connectivity index (χ1n) is 5.89. The third-order valence-electron chi connectivity index (χ3n) is 2.91. The summed E-state index contributed by atoms with van der Waals surface area (Å²) in [5.41, 5.74) is 0.935. The van der Waals surface area contributed by atoms with Crippen molar-refractivity contribution in [3.63, 3.8) is 0 Å². The number of carbonyl (C=O) groups excluding carboxylic acids is 2. The molecule has 1 N–H and O–H groups in total. The molecule has 1 aromatic carbocycles. The van der Waals surface area contributed by atoms with Gasteiger partial charge in [0.05, 0.1) is 0 Å². The average molecular weight is 248 g/mol. The number of nitrogens with zero attached hydrogens (tertiary/aromatic N) is 1. The molecule has 1 aromatic rings. The Labute approximate surface area is 106 Å². The number of carbonyl (C=O) groups is 2. The summed E-state index contributed by atoms with van der Waals surface area (Å²) in [6.45, 7) is 0.804. The molecule has 96 valence electrons. The van der Waals surface area contributed by atoms with E-state index in [-0.39, 0.29) is 18.6 Å². The van der Waals surface area contributed by atoms with Crippen LogP contribution in [0.3, 0.4) is 0 Å². The van der Waals surface area contributed by atoms with Crippen LogP contribution in [0.15, 0.2) is 30.3 Å². The van der Waals surface area contributed by atoms with E-state index in [0.29, 0.717) is 13.0 Å². The van der Waals surface area contributed by atoms with Crippen molar-refractivity contribution in [1.82, 2.24) is 10.2 Å². The van der Waals surface area contributed by atoms with E-state index in [1.807, 2.05) is 30.3 Å². The number of amides is 2. The average Bonchev–Trinajstić information content (AvgIpc) is 2.40. The van der Waals surface area contributed by atoms with Crippen molar-refractivity contribution in [2.45, 2.75) is 19.1 Å². The van der Waals surface area contributed by atoms with E-state index in [1.165, 1.54) is 0 Å². The lowest BCUT2D eigenvalue weighted by molar-refractivity contribution is -0.147. The van der Waals surface area contributed by atoms with Gasteiger partial charge in [-0.25, -0.2) is 9.59 Å². The van der Waals surface area contributed by atoms with E-state index in [2.05, 4.69) is 5.32 Å². The highest BCUT2D eigenvalue weighted by Gasteiger charge is 2.28. The van der Waals surface area contributed by atoms with E-state index in [4.69, 9.17) is 4.74 Å². The fourth-order valence-corrected chi connectivity index (χ4v) is 1.76. The number of ether oxygens (including phenoxy) is 1. The minimum atomic E-state index is -0.530. The van der Waals surface area contributed by atoms with Crippen molar-refractivity contribution in [3.8, 4) is 0 Å². The van der Waals surface area contributed by atoms with Crippen LogP contribution in [0.4, 0.5) is 4.79 Å². The number of rotatable bonds is 3. The lowest BCUT2D eigenvalue weighted by Gasteiger charge is -2.28. The van der Waals surface area contributed by atoms with E-state index >= 15 is 0 Å². The number of urea groups is 1. The number of esters is 1. The molecule has 0 spiro atoms. The highest BCUT2D eigenvalue weighted by molar-refractivity contribution is 5.84. The second kappa shape index (κ2) is 5.53. The summed E-state index contributed by atoms with van der Waals surface area (Å²) >= 11 is 0. The topological polar surface area (TPSA) is 58.6 Å². The zero-order chi connectivity index (χ0) is 13.0. The Morgan fingerprint density at radius 2 is 2.17 bits per heavy atom. The van der Waals surface area contributed by atoms with Gasteiger partial charge >= 0.3 is 12.0 Å². The predicted molar refractivity (Wildman–Crippen MR) is 65.8 cm³/mol. The molecule has 2 rings (SSSR count).